The molecule has 1 fully saturated rings. The van der Waals surface area contributed by atoms with E-state index in [9.17, 15) is 0 Å². The van der Waals surface area contributed by atoms with Gasteiger partial charge in [-0.05, 0) is 33.6 Å². The molecule has 3 nitrogen and oxygen atoms in total. The van der Waals surface area contributed by atoms with E-state index in [1.807, 2.05) is 6.20 Å². The van der Waals surface area contributed by atoms with E-state index in [0.717, 1.165) is 0 Å². The van der Waals surface area contributed by atoms with Crippen molar-refractivity contribution >= 4 is 0 Å². The highest BCUT2D eigenvalue weighted by Gasteiger charge is 2.28. The first-order chi connectivity index (χ1) is 7.61. The quantitative estimate of drug-likeness (QED) is 0.823. The first-order valence-electron chi connectivity index (χ1n) is 6.38. The maximum Gasteiger partial charge on any atom is 0.0537 e. The Hall–Kier alpha value is -0.830. The fourth-order valence-corrected chi connectivity index (χ4v) is 2.87. The van der Waals surface area contributed by atoms with E-state index in [4.69, 9.17) is 0 Å². The zero-order valence-corrected chi connectivity index (χ0v) is 10.6. The van der Waals surface area contributed by atoms with E-state index < -0.39 is 0 Å². The molecule has 1 saturated carbocycles. The average molecular weight is 221 g/mol. The van der Waals surface area contributed by atoms with E-state index in [0.29, 0.717) is 11.6 Å². The van der Waals surface area contributed by atoms with Crippen molar-refractivity contribution in [1.29, 1.82) is 0 Å². The van der Waals surface area contributed by atoms with Gasteiger partial charge in [0.2, 0.25) is 0 Å². The van der Waals surface area contributed by atoms with Gasteiger partial charge in [-0.25, -0.2) is 0 Å². The Bertz CT molecular complexity index is 337. The molecule has 0 aliphatic heterocycles. The maximum atomic E-state index is 4.09. The molecular formula is C13H23N3. The molecule has 1 aromatic rings. The SMILES string of the molecule is Cc1[nH]ncc1C(C)NC1(C)CCCCC1. The van der Waals surface area contributed by atoms with Crippen molar-refractivity contribution in [3.05, 3.63) is 17.5 Å². The smallest absolute Gasteiger partial charge is 0.0537 e. The summed E-state index contributed by atoms with van der Waals surface area (Å²) >= 11 is 0. The monoisotopic (exact) mass is 221 g/mol. The molecule has 2 N–H and O–H groups in total. The van der Waals surface area contributed by atoms with Crippen LogP contribution in [0.1, 0.15) is 63.3 Å². The van der Waals surface area contributed by atoms with Gasteiger partial charge in [0.1, 0.15) is 0 Å². The largest absolute Gasteiger partial charge is 0.305 e. The topological polar surface area (TPSA) is 40.7 Å². The zero-order valence-electron chi connectivity index (χ0n) is 10.6. The Labute approximate surface area is 98.0 Å². The molecule has 1 unspecified atom stereocenters. The van der Waals surface area contributed by atoms with Crippen LogP contribution in [-0.4, -0.2) is 15.7 Å². The van der Waals surface area contributed by atoms with Gasteiger partial charge in [0.15, 0.2) is 0 Å². The van der Waals surface area contributed by atoms with Crippen LogP contribution in [0.15, 0.2) is 6.20 Å². The number of hydrogen-bond acceptors (Lipinski definition) is 2. The second kappa shape index (κ2) is 4.58. The van der Waals surface area contributed by atoms with Crippen LogP contribution >= 0.6 is 0 Å². The number of nitrogens with one attached hydrogen (secondary N) is 2. The molecule has 0 amide bonds. The van der Waals surface area contributed by atoms with Gasteiger partial charge in [-0.15, -0.1) is 0 Å². The number of nitrogens with zero attached hydrogens (tertiary/aromatic N) is 1. The molecule has 1 atom stereocenters. The predicted molar refractivity (Wildman–Crippen MR) is 66.4 cm³/mol. The summed E-state index contributed by atoms with van der Waals surface area (Å²) in [5.41, 5.74) is 2.80. The molecule has 1 heterocycles. The zero-order chi connectivity index (χ0) is 11.6. The van der Waals surface area contributed by atoms with Gasteiger partial charge >= 0.3 is 0 Å². The Kier molecular flexibility index (Phi) is 3.33. The van der Waals surface area contributed by atoms with Gasteiger partial charge in [0.05, 0.1) is 6.20 Å². The number of aryl methyl sites for hydroxylation is 1. The molecule has 90 valence electrons. The average Bonchev–Trinajstić information content (AvgIpc) is 2.65. The summed E-state index contributed by atoms with van der Waals surface area (Å²) in [5, 5.41) is 10.9. The highest BCUT2D eigenvalue weighted by atomic mass is 15.1. The van der Waals surface area contributed by atoms with Crippen LogP contribution in [0.4, 0.5) is 0 Å². The van der Waals surface area contributed by atoms with Crippen LogP contribution in [-0.2, 0) is 0 Å². The first kappa shape index (κ1) is 11.6. The van der Waals surface area contributed by atoms with E-state index in [1.165, 1.54) is 43.4 Å². The predicted octanol–water partition coefficient (Wildman–Crippen LogP) is 3.09. The van der Waals surface area contributed by atoms with Gasteiger partial charge in [0, 0.05) is 22.8 Å². The molecule has 0 saturated heterocycles. The molecule has 1 aromatic heterocycles. The van der Waals surface area contributed by atoms with Gasteiger partial charge in [-0.3, -0.25) is 5.10 Å². The second-order valence-electron chi connectivity index (χ2n) is 5.44. The van der Waals surface area contributed by atoms with Crippen LogP contribution in [0.25, 0.3) is 0 Å². The summed E-state index contributed by atoms with van der Waals surface area (Å²) in [6, 6.07) is 0.391. The van der Waals surface area contributed by atoms with Gasteiger partial charge in [0.25, 0.3) is 0 Å². The van der Waals surface area contributed by atoms with Crippen molar-refractivity contribution in [3.63, 3.8) is 0 Å². The molecule has 0 radical (unpaired) electrons. The molecule has 0 spiro atoms. The lowest BCUT2D eigenvalue weighted by molar-refractivity contribution is 0.233. The maximum absolute atomic E-state index is 4.09. The minimum atomic E-state index is 0.321. The Balaban J connectivity index is 2.01. The van der Waals surface area contributed by atoms with Gasteiger partial charge < -0.3 is 5.32 Å². The van der Waals surface area contributed by atoms with Crippen LogP contribution < -0.4 is 5.32 Å². The molecule has 2 rings (SSSR count). The Morgan fingerprint density at radius 1 is 1.38 bits per heavy atom. The summed E-state index contributed by atoms with van der Waals surface area (Å²) in [7, 11) is 0. The van der Waals surface area contributed by atoms with Crippen LogP contribution in [0.5, 0.6) is 0 Å². The highest BCUT2D eigenvalue weighted by Crippen LogP contribution is 2.30. The third-order valence-electron chi connectivity index (χ3n) is 3.86. The summed E-state index contributed by atoms with van der Waals surface area (Å²) in [6.45, 7) is 6.68. The fourth-order valence-electron chi connectivity index (χ4n) is 2.87. The summed E-state index contributed by atoms with van der Waals surface area (Å²) in [5.74, 6) is 0. The van der Waals surface area contributed by atoms with Crippen molar-refractivity contribution in [2.45, 2.75) is 64.5 Å². The van der Waals surface area contributed by atoms with E-state index >= 15 is 0 Å². The van der Waals surface area contributed by atoms with Crippen molar-refractivity contribution in [1.82, 2.24) is 15.5 Å². The lowest BCUT2D eigenvalue weighted by atomic mass is 9.82. The lowest BCUT2D eigenvalue weighted by Gasteiger charge is -2.37. The molecule has 1 aliphatic carbocycles. The third-order valence-corrected chi connectivity index (χ3v) is 3.86. The van der Waals surface area contributed by atoms with Crippen molar-refractivity contribution < 1.29 is 0 Å². The van der Waals surface area contributed by atoms with E-state index in [2.05, 4.69) is 36.3 Å². The first-order valence-corrected chi connectivity index (χ1v) is 6.38. The normalized spacial score (nSPS) is 21.9. The minimum absolute atomic E-state index is 0.321. The van der Waals surface area contributed by atoms with Crippen LogP contribution in [0, 0.1) is 6.92 Å². The number of aromatic nitrogens is 2. The Morgan fingerprint density at radius 2 is 2.06 bits per heavy atom. The minimum Gasteiger partial charge on any atom is -0.305 e. The standard InChI is InChI=1S/C13H23N3/c1-10(12-9-14-16-11(12)2)15-13(3)7-5-4-6-8-13/h9-10,15H,4-8H2,1-3H3,(H,14,16). The highest BCUT2D eigenvalue weighted by molar-refractivity contribution is 5.19. The molecule has 3 heteroatoms. The van der Waals surface area contributed by atoms with Gasteiger partial charge in [-0.2, -0.15) is 5.10 Å². The fraction of sp³-hybridized carbons (Fsp3) is 0.769. The van der Waals surface area contributed by atoms with Crippen LogP contribution in [0.2, 0.25) is 0 Å². The number of rotatable bonds is 3. The van der Waals surface area contributed by atoms with Gasteiger partial charge in [-0.1, -0.05) is 19.3 Å². The number of H-pyrrole nitrogens is 1. The van der Waals surface area contributed by atoms with Crippen molar-refractivity contribution in [3.8, 4) is 0 Å². The third kappa shape index (κ3) is 2.46. The summed E-state index contributed by atoms with van der Waals surface area (Å²) in [4.78, 5) is 0. The summed E-state index contributed by atoms with van der Waals surface area (Å²) in [6.07, 6.45) is 8.67. The lowest BCUT2D eigenvalue weighted by Crippen LogP contribution is -2.45. The molecule has 1 aliphatic rings. The van der Waals surface area contributed by atoms with Crippen molar-refractivity contribution in [2.24, 2.45) is 0 Å². The van der Waals surface area contributed by atoms with Crippen molar-refractivity contribution in [2.75, 3.05) is 0 Å². The number of aromatic amines is 1. The van der Waals surface area contributed by atoms with Crippen LogP contribution in [0.3, 0.4) is 0 Å². The molecule has 16 heavy (non-hydrogen) atoms. The Morgan fingerprint density at radius 3 is 2.62 bits per heavy atom. The molecular weight excluding hydrogens is 198 g/mol. The summed E-state index contributed by atoms with van der Waals surface area (Å²) < 4.78 is 0. The molecule has 0 aromatic carbocycles. The van der Waals surface area contributed by atoms with E-state index in [-0.39, 0.29) is 0 Å². The molecule has 0 bridgehead atoms. The van der Waals surface area contributed by atoms with E-state index in [1.54, 1.807) is 0 Å². The number of hydrogen-bond donors (Lipinski definition) is 2. The second-order valence-corrected chi connectivity index (χ2v) is 5.44.